The average molecular weight is 488 g/mol. The second-order valence-electron chi connectivity index (χ2n) is 8.85. The molecule has 0 radical (unpaired) electrons. The summed E-state index contributed by atoms with van der Waals surface area (Å²) in [6.07, 6.45) is -0.174. The first-order chi connectivity index (χ1) is 17.4. The van der Waals surface area contributed by atoms with Crippen molar-refractivity contribution in [3.63, 3.8) is 0 Å². The third kappa shape index (κ3) is 5.60. The van der Waals surface area contributed by atoms with Gasteiger partial charge in [0.2, 0.25) is 0 Å². The highest BCUT2D eigenvalue weighted by Gasteiger charge is 2.26. The molecule has 2 N–H and O–H groups in total. The zero-order valence-corrected chi connectivity index (χ0v) is 20.3. The van der Waals surface area contributed by atoms with Gasteiger partial charge in [-0.2, -0.15) is 0 Å². The molecule has 2 atom stereocenters. The number of nitrogens with zero attached hydrogens (tertiary/aromatic N) is 3. The van der Waals surface area contributed by atoms with E-state index in [1.165, 1.54) is 4.68 Å². The van der Waals surface area contributed by atoms with Gasteiger partial charge < -0.3 is 14.9 Å². The Balaban J connectivity index is 1.38. The van der Waals surface area contributed by atoms with Crippen LogP contribution in [-0.2, 0) is 17.8 Å². The third-order valence-electron chi connectivity index (χ3n) is 6.50. The normalized spacial score (nSPS) is 12.9. The number of rotatable bonds is 10. The van der Waals surface area contributed by atoms with Crippen LogP contribution in [0.5, 0.6) is 5.75 Å². The molecule has 8 heteroatoms. The average Bonchev–Trinajstić information content (AvgIpc) is 2.89. The molecule has 0 aliphatic heterocycles. The Hall–Kier alpha value is -4.04. The molecule has 1 heterocycles. The molecule has 186 valence electrons. The number of aliphatic hydroxyl groups is 1. The van der Waals surface area contributed by atoms with E-state index in [0.717, 1.165) is 28.0 Å². The van der Waals surface area contributed by atoms with E-state index in [2.05, 4.69) is 10.3 Å². The van der Waals surface area contributed by atoms with Crippen LogP contribution in [0.4, 0.5) is 0 Å². The van der Waals surface area contributed by atoms with Crippen molar-refractivity contribution in [1.82, 2.24) is 15.0 Å². The summed E-state index contributed by atoms with van der Waals surface area (Å²) < 4.78 is 6.37. The molecular weight excluding hydrogens is 458 g/mol. The maximum atomic E-state index is 12.8. The minimum atomic E-state index is -1.10. The van der Waals surface area contributed by atoms with Crippen molar-refractivity contribution >= 4 is 16.9 Å². The van der Waals surface area contributed by atoms with Gasteiger partial charge in [-0.05, 0) is 66.6 Å². The smallest absolute Gasteiger partial charge is 0.309 e. The van der Waals surface area contributed by atoms with Crippen LogP contribution in [0, 0.1) is 12.8 Å². The summed E-state index contributed by atoms with van der Waals surface area (Å²) in [7, 11) is 1.63. The van der Waals surface area contributed by atoms with Crippen LogP contribution in [0.3, 0.4) is 0 Å². The molecule has 3 aromatic carbocycles. The number of hydrogen-bond donors (Lipinski definition) is 2. The lowest BCUT2D eigenvalue weighted by Crippen LogP contribution is -2.32. The van der Waals surface area contributed by atoms with E-state index in [9.17, 15) is 19.8 Å². The fourth-order valence-electron chi connectivity index (χ4n) is 4.34. The number of fused-ring (bicyclic) bond motifs is 1. The van der Waals surface area contributed by atoms with Gasteiger partial charge in [-0.1, -0.05) is 53.7 Å². The Labute approximate surface area is 208 Å². The summed E-state index contributed by atoms with van der Waals surface area (Å²) in [5.41, 5.74) is 4.10. The number of aliphatic hydroxyl groups excluding tert-OH is 1. The minimum Gasteiger partial charge on any atom is -0.497 e. The maximum Gasteiger partial charge on any atom is 0.309 e. The second-order valence-corrected chi connectivity index (χ2v) is 8.85. The van der Waals surface area contributed by atoms with Crippen molar-refractivity contribution in [2.45, 2.75) is 38.8 Å². The number of hydrogen-bond acceptors (Lipinski definition) is 6. The molecule has 0 saturated heterocycles. The molecule has 0 saturated carbocycles. The molecule has 4 aromatic rings. The Kier molecular flexibility index (Phi) is 7.75. The Bertz CT molecular complexity index is 1400. The standard InChI is InChI=1S/C28H29N3O5/c1-18-4-3-5-24-26(18)27(33)31(30-29-24)17-16-23(28(34)35)25(32)15-8-19-6-9-20(10-7-19)21-11-13-22(36-2)14-12-21/h3-7,9-14,23,25,32H,8,15-17H2,1-2H3,(H,34,35)/t23-,25+/m0/s1. The fraction of sp³-hybridized carbons (Fsp3) is 0.286. The highest BCUT2D eigenvalue weighted by molar-refractivity contribution is 5.80. The molecule has 0 aliphatic carbocycles. The summed E-state index contributed by atoms with van der Waals surface area (Å²) in [6.45, 7) is 1.88. The van der Waals surface area contributed by atoms with Gasteiger partial charge in [-0.15, -0.1) is 5.10 Å². The number of benzene rings is 3. The van der Waals surface area contributed by atoms with Gasteiger partial charge in [0.15, 0.2) is 0 Å². The molecule has 0 fully saturated rings. The molecule has 4 rings (SSSR count). The lowest BCUT2D eigenvalue weighted by atomic mass is 9.93. The first-order valence-corrected chi connectivity index (χ1v) is 11.8. The largest absolute Gasteiger partial charge is 0.497 e. The molecule has 36 heavy (non-hydrogen) atoms. The number of carboxylic acid groups (broad SMARTS) is 1. The van der Waals surface area contributed by atoms with E-state index in [1.54, 1.807) is 19.2 Å². The number of carboxylic acids is 1. The van der Waals surface area contributed by atoms with Crippen molar-refractivity contribution in [2.24, 2.45) is 5.92 Å². The van der Waals surface area contributed by atoms with E-state index in [0.29, 0.717) is 17.3 Å². The van der Waals surface area contributed by atoms with Gasteiger partial charge in [0.05, 0.1) is 24.5 Å². The highest BCUT2D eigenvalue weighted by atomic mass is 16.5. The topological polar surface area (TPSA) is 115 Å². The van der Waals surface area contributed by atoms with Gasteiger partial charge >= 0.3 is 5.97 Å². The summed E-state index contributed by atoms with van der Waals surface area (Å²) in [5, 5.41) is 28.9. The lowest BCUT2D eigenvalue weighted by molar-refractivity contribution is -0.146. The highest BCUT2D eigenvalue weighted by Crippen LogP contribution is 2.24. The number of carbonyl (C=O) groups is 1. The molecule has 8 nitrogen and oxygen atoms in total. The predicted octanol–water partition coefficient (Wildman–Crippen LogP) is 3.86. The Morgan fingerprint density at radius 1 is 1.00 bits per heavy atom. The Morgan fingerprint density at radius 2 is 1.67 bits per heavy atom. The van der Waals surface area contributed by atoms with Gasteiger partial charge in [0.25, 0.3) is 5.56 Å². The van der Waals surface area contributed by atoms with E-state index in [4.69, 9.17) is 4.74 Å². The third-order valence-corrected chi connectivity index (χ3v) is 6.50. The van der Waals surface area contributed by atoms with Crippen molar-refractivity contribution < 1.29 is 19.7 Å². The van der Waals surface area contributed by atoms with Crippen LogP contribution >= 0.6 is 0 Å². The molecule has 0 unspecified atom stereocenters. The van der Waals surface area contributed by atoms with Crippen molar-refractivity contribution in [3.05, 3.63) is 88.2 Å². The van der Waals surface area contributed by atoms with Crippen LogP contribution in [0.1, 0.15) is 24.0 Å². The minimum absolute atomic E-state index is 0.0562. The Morgan fingerprint density at radius 3 is 2.31 bits per heavy atom. The van der Waals surface area contributed by atoms with Crippen LogP contribution in [0.25, 0.3) is 22.0 Å². The molecule has 0 bridgehead atoms. The van der Waals surface area contributed by atoms with Gasteiger partial charge in [-0.25, -0.2) is 4.68 Å². The summed E-state index contributed by atoms with van der Waals surface area (Å²) in [5.74, 6) is -1.33. The van der Waals surface area contributed by atoms with E-state index >= 15 is 0 Å². The van der Waals surface area contributed by atoms with Crippen LogP contribution in [0.15, 0.2) is 71.5 Å². The van der Waals surface area contributed by atoms with Crippen LogP contribution in [0.2, 0.25) is 0 Å². The second kappa shape index (κ2) is 11.1. The molecule has 0 aliphatic rings. The first-order valence-electron chi connectivity index (χ1n) is 11.8. The molecule has 1 aromatic heterocycles. The van der Waals surface area contributed by atoms with Crippen LogP contribution < -0.4 is 10.3 Å². The summed E-state index contributed by atoms with van der Waals surface area (Å²) >= 11 is 0. The zero-order valence-electron chi connectivity index (χ0n) is 20.3. The predicted molar refractivity (Wildman–Crippen MR) is 137 cm³/mol. The van der Waals surface area contributed by atoms with E-state index < -0.39 is 18.0 Å². The van der Waals surface area contributed by atoms with E-state index in [-0.39, 0.29) is 24.9 Å². The monoisotopic (exact) mass is 487 g/mol. The van der Waals surface area contributed by atoms with Crippen molar-refractivity contribution in [1.29, 1.82) is 0 Å². The number of aromatic nitrogens is 3. The summed E-state index contributed by atoms with van der Waals surface area (Å²) in [6, 6.07) is 21.1. The number of methoxy groups -OCH3 is 1. The summed E-state index contributed by atoms with van der Waals surface area (Å²) in [4.78, 5) is 24.7. The van der Waals surface area contributed by atoms with Crippen molar-refractivity contribution in [2.75, 3.05) is 7.11 Å². The maximum absolute atomic E-state index is 12.8. The van der Waals surface area contributed by atoms with Crippen molar-refractivity contribution in [3.8, 4) is 16.9 Å². The van der Waals surface area contributed by atoms with Crippen LogP contribution in [-0.4, -0.2) is 44.4 Å². The molecule has 0 amide bonds. The van der Waals surface area contributed by atoms with Gasteiger partial charge in [0.1, 0.15) is 11.3 Å². The SMILES string of the molecule is COc1ccc(-c2ccc(CC[C@@H](O)[C@H](CCn3nnc4cccc(C)c4c3=O)C(=O)O)cc2)cc1. The zero-order chi connectivity index (χ0) is 25.7. The number of aryl methyl sites for hydroxylation is 3. The number of ether oxygens (including phenoxy) is 1. The molecular formula is C28H29N3O5. The molecule has 0 spiro atoms. The van der Waals surface area contributed by atoms with Gasteiger partial charge in [0, 0.05) is 6.54 Å². The first kappa shape index (κ1) is 25.1. The fourth-order valence-corrected chi connectivity index (χ4v) is 4.34. The van der Waals surface area contributed by atoms with E-state index in [1.807, 2.05) is 61.5 Å². The lowest BCUT2D eigenvalue weighted by Gasteiger charge is -2.19. The van der Waals surface area contributed by atoms with Gasteiger partial charge in [-0.3, -0.25) is 9.59 Å². The quantitative estimate of drug-likeness (QED) is 0.349. The number of aliphatic carboxylic acids is 1.